The Balaban J connectivity index is 3.44. The van der Waals surface area contributed by atoms with Crippen LogP contribution in [0.4, 0.5) is 11.5 Å². The molecule has 1 heterocycles. The van der Waals surface area contributed by atoms with Gasteiger partial charge in [-0.25, -0.2) is 4.98 Å². The molecule has 1 aromatic heterocycles. The zero-order valence-corrected chi connectivity index (χ0v) is 11.4. The van der Waals surface area contributed by atoms with Crippen LogP contribution in [0.1, 0.15) is 19.5 Å². The fourth-order valence-corrected chi connectivity index (χ4v) is 1.57. The Morgan fingerprint density at radius 2 is 2.06 bits per heavy atom. The highest BCUT2D eigenvalue weighted by atomic mass is 35.5. The van der Waals surface area contributed by atoms with Gasteiger partial charge in [-0.15, -0.1) is 0 Å². The van der Waals surface area contributed by atoms with Gasteiger partial charge in [0.05, 0.1) is 17.1 Å². The van der Waals surface area contributed by atoms with Gasteiger partial charge in [-0.3, -0.25) is 10.1 Å². The molecule has 0 spiro atoms. The Morgan fingerprint density at radius 1 is 1.50 bits per heavy atom. The maximum absolute atomic E-state index is 11.1. The monoisotopic (exact) mass is 274 g/mol. The Bertz CT molecular complexity index is 478. The van der Waals surface area contributed by atoms with Crippen LogP contribution in [-0.4, -0.2) is 39.2 Å². The summed E-state index contributed by atoms with van der Waals surface area (Å²) in [7, 11) is 1.61. The van der Waals surface area contributed by atoms with Crippen LogP contribution in [0, 0.1) is 17.0 Å². The molecule has 0 aromatic carbocycles. The lowest BCUT2D eigenvalue weighted by molar-refractivity contribution is -0.385. The van der Waals surface area contributed by atoms with Crippen LogP contribution in [0.3, 0.4) is 0 Å². The van der Waals surface area contributed by atoms with Crippen molar-refractivity contribution in [3.05, 3.63) is 21.1 Å². The van der Waals surface area contributed by atoms with E-state index in [0.29, 0.717) is 0 Å². The Kier molecular flexibility index (Phi) is 4.08. The number of nitrogens with zero attached hydrogens (tertiary/aromatic N) is 4. The topological polar surface area (TPSA) is 92.4 Å². The van der Waals surface area contributed by atoms with Gasteiger partial charge in [0.2, 0.25) is 11.1 Å². The summed E-state index contributed by atoms with van der Waals surface area (Å²) in [6.45, 7) is 4.79. The minimum absolute atomic E-state index is 0.0614. The van der Waals surface area contributed by atoms with E-state index in [4.69, 9.17) is 11.6 Å². The molecule has 0 aliphatic rings. The summed E-state index contributed by atoms with van der Waals surface area (Å²) in [5.41, 5.74) is -0.714. The SMILES string of the molecule is Cc1nc(Cl)nc(N(C)C(C)(C)CO)c1[N+](=O)[O-]. The minimum atomic E-state index is -0.700. The van der Waals surface area contributed by atoms with Crippen LogP contribution in [0.5, 0.6) is 0 Å². The molecule has 0 bridgehead atoms. The van der Waals surface area contributed by atoms with Crippen LogP contribution >= 0.6 is 11.6 Å². The van der Waals surface area contributed by atoms with Gasteiger partial charge in [0.15, 0.2) is 0 Å². The molecule has 1 N–H and O–H groups in total. The molecule has 0 fully saturated rings. The van der Waals surface area contributed by atoms with Crippen molar-refractivity contribution < 1.29 is 10.0 Å². The van der Waals surface area contributed by atoms with E-state index in [1.54, 1.807) is 20.9 Å². The highest BCUT2D eigenvalue weighted by Gasteiger charge is 2.32. The lowest BCUT2D eigenvalue weighted by Gasteiger charge is -2.34. The second-order valence-corrected chi connectivity index (χ2v) is 4.87. The van der Waals surface area contributed by atoms with Crippen LogP contribution in [-0.2, 0) is 0 Å². The number of anilines is 1. The summed E-state index contributed by atoms with van der Waals surface area (Å²) in [6, 6.07) is 0. The molecular weight excluding hydrogens is 260 g/mol. The van der Waals surface area contributed by atoms with Crippen molar-refractivity contribution in [2.24, 2.45) is 0 Å². The van der Waals surface area contributed by atoms with Crippen molar-refractivity contribution in [3.63, 3.8) is 0 Å². The molecule has 0 unspecified atom stereocenters. The van der Waals surface area contributed by atoms with E-state index in [0.717, 1.165) is 0 Å². The average Bonchev–Trinajstić information content (AvgIpc) is 2.26. The maximum Gasteiger partial charge on any atom is 0.332 e. The molecule has 0 aliphatic heterocycles. The molecular formula is C10H15ClN4O3. The third kappa shape index (κ3) is 2.68. The molecule has 18 heavy (non-hydrogen) atoms. The summed E-state index contributed by atoms with van der Waals surface area (Å²) >= 11 is 5.73. The number of aromatic nitrogens is 2. The molecule has 1 aromatic rings. The van der Waals surface area contributed by atoms with Gasteiger partial charge < -0.3 is 10.0 Å². The van der Waals surface area contributed by atoms with Crippen molar-refractivity contribution in [2.75, 3.05) is 18.6 Å². The first-order valence-electron chi connectivity index (χ1n) is 5.24. The number of aliphatic hydroxyl groups excluding tert-OH is 1. The van der Waals surface area contributed by atoms with Crippen molar-refractivity contribution in [3.8, 4) is 0 Å². The van der Waals surface area contributed by atoms with Crippen LogP contribution < -0.4 is 4.90 Å². The van der Waals surface area contributed by atoms with E-state index in [-0.39, 0.29) is 29.1 Å². The van der Waals surface area contributed by atoms with Gasteiger partial charge in [0.1, 0.15) is 5.69 Å². The average molecular weight is 275 g/mol. The van der Waals surface area contributed by atoms with E-state index in [1.165, 1.54) is 11.8 Å². The van der Waals surface area contributed by atoms with Crippen molar-refractivity contribution >= 4 is 23.1 Å². The molecule has 0 radical (unpaired) electrons. The normalized spacial score (nSPS) is 11.4. The number of aliphatic hydroxyl groups is 1. The lowest BCUT2D eigenvalue weighted by atomic mass is 10.1. The molecule has 0 saturated heterocycles. The standard InChI is InChI=1S/C10H15ClN4O3/c1-6-7(15(17)18)8(13-9(11)12-6)14(4)10(2,3)5-16/h16H,5H2,1-4H3. The Morgan fingerprint density at radius 3 is 2.50 bits per heavy atom. The first-order valence-corrected chi connectivity index (χ1v) is 5.61. The van der Waals surface area contributed by atoms with E-state index in [1.807, 2.05) is 0 Å². The zero-order valence-electron chi connectivity index (χ0n) is 10.6. The number of hydrogen-bond donors (Lipinski definition) is 1. The number of nitro groups is 1. The smallest absolute Gasteiger partial charge is 0.332 e. The van der Waals surface area contributed by atoms with Crippen molar-refractivity contribution in [1.82, 2.24) is 9.97 Å². The van der Waals surface area contributed by atoms with E-state index < -0.39 is 10.5 Å². The third-order valence-corrected chi connectivity index (χ3v) is 2.98. The van der Waals surface area contributed by atoms with Crippen molar-refractivity contribution in [1.29, 1.82) is 0 Å². The molecule has 0 saturated carbocycles. The quantitative estimate of drug-likeness (QED) is 0.509. The van der Waals surface area contributed by atoms with Crippen molar-refractivity contribution in [2.45, 2.75) is 26.3 Å². The van der Waals surface area contributed by atoms with Crippen LogP contribution in [0.25, 0.3) is 0 Å². The molecule has 8 heteroatoms. The highest BCUT2D eigenvalue weighted by Crippen LogP contribution is 2.32. The van der Waals surface area contributed by atoms with Crippen LogP contribution in [0.2, 0.25) is 5.28 Å². The summed E-state index contributed by atoms with van der Waals surface area (Å²) in [4.78, 5) is 19.7. The third-order valence-electron chi connectivity index (χ3n) is 2.81. The fourth-order valence-electron chi connectivity index (χ4n) is 1.36. The van der Waals surface area contributed by atoms with E-state index in [9.17, 15) is 15.2 Å². The minimum Gasteiger partial charge on any atom is -0.394 e. The van der Waals surface area contributed by atoms with Crippen LogP contribution in [0.15, 0.2) is 0 Å². The van der Waals surface area contributed by atoms with E-state index >= 15 is 0 Å². The second-order valence-electron chi connectivity index (χ2n) is 4.54. The summed E-state index contributed by atoms with van der Waals surface area (Å²) in [6.07, 6.45) is 0. The molecule has 0 aliphatic carbocycles. The second kappa shape index (κ2) is 5.03. The summed E-state index contributed by atoms with van der Waals surface area (Å²) in [5.74, 6) is 0.0940. The van der Waals surface area contributed by atoms with Gasteiger partial charge in [-0.05, 0) is 32.4 Å². The number of hydrogen-bond acceptors (Lipinski definition) is 6. The Hall–Kier alpha value is -1.47. The van der Waals surface area contributed by atoms with E-state index in [2.05, 4.69) is 9.97 Å². The Labute approximate surface area is 110 Å². The highest BCUT2D eigenvalue weighted by molar-refractivity contribution is 6.28. The molecule has 100 valence electrons. The summed E-state index contributed by atoms with van der Waals surface area (Å²) < 4.78 is 0. The zero-order chi connectivity index (χ0) is 14.1. The lowest BCUT2D eigenvalue weighted by Crippen LogP contribution is -2.45. The number of rotatable bonds is 4. The number of aryl methyl sites for hydroxylation is 1. The predicted octanol–water partition coefficient (Wildman–Crippen LogP) is 1.55. The van der Waals surface area contributed by atoms with Gasteiger partial charge >= 0.3 is 5.69 Å². The first kappa shape index (κ1) is 14.6. The summed E-state index contributed by atoms with van der Waals surface area (Å²) in [5, 5.41) is 20.3. The fraction of sp³-hybridized carbons (Fsp3) is 0.600. The van der Waals surface area contributed by atoms with Gasteiger partial charge in [-0.2, -0.15) is 4.98 Å². The van der Waals surface area contributed by atoms with Gasteiger partial charge in [0, 0.05) is 7.05 Å². The largest absolute Gasteiger partial charge is 0.394 e. The molecule has 7 nitrogen and oxygen atoms in total. The molecule has 0 amide bonds. The van der Waals surface area contributed by atoms with Gasteiger partial charge in [0.25, 0.3) is 0 Å². The molecule has 0 atom stereocenters. The molecule has 1 rings (SSSR count). The first-order chi connectivity index (χ1) is 8.20. The number of likely N-dealkylation sites (N-methyl/N-ethyl adjacent to an activating group) is 1. The predicted molar refractivity (Wildman–Crippen MR) is 68.0 cm³/mol. The maximum atomic E-state index is 11.1. The van der Waals surface area contributed by atoms with Gasteiger partial charge in [-0.1, -0.05) is 0 Å². The number of halogens is 1.